The van der Waals surface area contributed by atoms with Gasteiger partial charge in [-0.3, -0.25) is 9.80 Å². The van der Waals surface area contributed by atoms with Crippen molar-refractivity contribution in [3.63, 3.8) is 0 Å². The van der Waals surface area contributed by atoms with Gasteiger partial charge in [0.1, 0.15) is 5.75 Å². The summed E-state index contributed by atoms with van der Waals surface area (Å²) in [5.41, 5.74) is 5.33. The van der Waals surface area contributed by atoms with Gasteiger partial charge in [-0.15, -0.1) is 0 Å². The molecule has 2 aliphatic rings. The summed E-state index contributed by atoms with van der Waals surface area (Å²) in [7, 11) is 1.68. The summed E-state index contributed by atoms with van der Waals surface area (Å²) in [5, 5.41) is 0. The van der Waals surface area contributed by atoms with Gasteiger partial charge < -0.3 is 4.74 Å². The van der Waals surface area contributed by atoms with Crippen molar-refractivity contribution in [1.29, 1.82) is 0 Å². The minimum absolute atomic E-state index is 0.0557. The number of methoxy groups -OCH3 is 1. The number of nitrogens with zero attached hydrogens (tertiary/aromatic N) is 2. The highest BCUT2D eigenvalue weighted by molar-refractivity contribution is 5.44. The Hall–Kier alpha value is -1.98. The predicted octanol–water partition coefficient (Wildman–Crippen LogP) is 4.58. The van der Waals surface area contributed by atoms with Crippen LogP contribution in [0.15, 0.2) is 42.5 Å². The molecule has 0 amide bonds. The molecule has 2 aliphatic heterocycles. The van der Waals surface area contributed by atoms with Crippen LogP contribution in [0.2, 0.25) is 0 Å². The van der Waals surface area contributed by atoms with Crippen molar-refractivity contribution in [2.75, 3.05) is 26.7 Å². The van der Waals surface area contributed by atoms with Gasteiger partial charge in [0.15, 0.2) is 0 Å². The largest absolute Gasteiger partial charge is 0.497 e. The molecule has 0 unspecified atom stereocenters. The first kappa shape index (κ1) is 19.3. The molecule has 2 heterocycles. The van der Waals surface area contributed by atoms with E-state index in [1.807, 2.05) is 17.0 Å². The van der Waals surface area contributed by atoms with Crippen LogP contribution < -0.4 is 4.74 Å². The van der Waals surface area contributed by atoms with Gasteiger partial charge in [0.2, 0.25) is 0 Å². The first-order valence-corrected chi connectivity index (χ1v) is 9.99. The van der Waals surface area contributed by atoms with E-state index >= 15 is 0 Å². The number of aryl methyl sites for hydroxylation is 1. The molecular formula is C23H28F2N2O. The lowest BCUT2D eigenvalue weighted by Crippen LogP contribution is -2.50. The maximum atomic E-state index is 12.8. The fourth-order valence-electron chi connectivity index (χ4n) is 4.91. The maximum absolute atomic E-state index is 12.8. The molecular weight excluding hydrogens is 358 g/mol. The van der Waals surface area contributed by atoms with Crippen molar-refractivity contribution in [2.45, 2.75) is 44.8 Å². The van der Waals surface area contributed by atoms with E-state index in [0.29, 0.717) is 0 Å². The van der Waals surface area contributed by atoms with Gasteiger partial charge in [0, 0.05) is 31.7 Å². The maximum Gasteiger partial charge on any atom is 0.251 e. The molecule has 0 bridgehead atoms. The third-order valence-corrected chi connectivity index (χ3v) is 6.48. The van der Waals surface area contributed by atoms with Crippen LogP contribution in [0.1, 0.15) is 35.1 Å². The Labute approximate surface area is 165 Å². The molecule has 4 rings (SSSR count). The topological polar surface area (TPSA) is 15.7 Å². The molecule has 150 valence electrons. The Bertz CT molecular complexity index is 814. The summed E-state index contributed by atoms with van der Waals surface area (Å²) >= 11 is 0. The Morgan fingerprint density at radius 3 is 2.43 bits per heavy atom. The lowest BCUT2D eigenvalue weighted by molar-refractivity contribution is 0.00248. The zero-order chi connectivity index (χ0) is 19.7. The average Bonchev–Trinajstić information content (AvgIpc) is 2.98. The van der Waals surface area contributed by atoms with E-state index in [1.165, 1.54) is 22.3 Å². The van der Waals surface area contributed by atoms with Gasteiger partial charge in [-0.25, -0.2) is 8.78 Å². The van der Waals surface area contributed by atoms with Crippen molar-refractivity contribution < 1.29 is 13.5 Å². The molecule has 28 heavy (non-hydrogen) atoms. The number of piperidine rings is 1. The highest BCUT2D eigenvalue weighted by Gasteiger charge is 2.47. The van der Waals surface area contributed by atoms with Crippen molar-refractivity contribution in [1.82, 2.24) is 9.80 Å². The van der Waals surface area contributed by atoms with Gasteiger partial charge in [-0.05, 0) is 54.2 Å². The van der Waals surface area contributed by atoms with Crippen LogP contribution in [0.4, 0.5) is 8.78 Å². The first-order valence-electron chi connectivity index (χ1n) is 9.99. The monoisotopic (exact) mass is 386 g/mol. The molecule has 0 N–H and O–H groups in total. The van der Waals surface area contributed by atoms with Gasteiger partial charge in [0.05, 0.1) is 13.7 Å². The van der Waals surface area contributed by atoms with Gasteiger partial charge in [-0.2, -0.15) is 0 Å². The highest BCUT2D eigenvalue weighted by Crippen LogP contribution is 2.48. The minimum Gasteiger partial charge on any atom is -0.497 e. The minimum atomic E-state index is -2.26. The van der Waals surface area contributed by atoms with E-state index in [2.05, 4.69) is 42.2 Å². The van der Waals surface area contributed by atoms with Crippen molar-refractivity contribution in [2.24, 2.45) is 0 Å². The second kappa shape index (κ2) is 7.80. The number of ether oxygens (including phenoxy) is 1. The number of alkyl halides is 2. The average molecular weight is 386 g/mol. The molecule has 0 atom stereocenters. The fourth-order valence-corrected chi connectivity index (χ4v) is 4.91. The van der Waals surface area contributed by atoms with Crippen molar-refractivity contribution in [3.8, 4) is 5.75 Å². The molecule has 2 aromatic carbocycles. The second-order valence-corrected chi connectivity index (χ2v) is 8.03. The normalized spacial score (nSPS) is 19.3. The second-order valence-electron chi connectivity index (χ2n) is 8.03. The zero-order valence-corrected chi connectivity index (χ0v) is 16.6. The molecule has 1 fully saturated rings. The van der Waals surface area contributed by atoms with Crippen molar-refractivity contribution >= 4 is 0 Å². The zero-order valence-electron chi connectivity index (χ0n) is 16.6. The number of benzene rings is 2. The molecule has 0 aliphatic carbocycles. The summed E-state index contributed by atoms with van der Waals surface area (Å²) in [6.07, 6.45) is -0.471. The SMILES string of the molecule is COc1ccc(CN2Cc3c(C)cccc3C23CCN(CC(F)F)CC3)cc1. The van der Waals surface area contributed by atoms with E-state index in [1.54, 1.807) is 7.11 Å². The van der Waals surface area contributed by atoms with Gasteiger partial charge in [0.25, 0.3) is 6.43 Å². The first-order chi connectivity index (χ1) is 13.5. The van der Waals surface area contributed by atoms with Crippen LogP contribution >= 0.6 is 0 Å². The molecule has 0 aromatic heterocycles. The summed E-state index contributed by atoms with van der Waals surface area (Å²) in [5.74, 6) is 0.860. The number of likely N-dealkylation sites (tertiary alicyclic amines) is 1. The number of hydrogen-bond acceptors (Lipinski definition) is 3. The third-order valence-electron chi connectivity index (χ3n) is 6.48. The van der Waals surface area contributed by atoms with Crippen LogP contribution in [0.5, 0.6) is 5.75 Å². The number of fused-ring (bicyclic) bond motifs is 2. The standard InChI is InChI=1S/C23H28F2N2O/c1-17-4-3-5-21-20(17)15-27(14-18-6-8-19(28-2)9-7-18)23(21)10-12-26(13-11-23)16-22(24)25/h3-9,22H,10-16H2,1-2H3. The Morgan fingerprint density at radius 2 is 1.79 bits per heavy atom. The summed E-state index contributed by atoms with van der Waals surface area (Å²) in [6.45, 7) is 5.27. The highest BCUT2D eigenvalue weighted by atomic mass is 19.3. The van der Waals surface area contributed by atoms with Crippen LogP contribution in [0, 0.1) is 6.92 Å². The van der Waals surface area contributed by atoms with E-state index in [-0.39, 0.29) is 12.1 Å². The summed E-state index contributed by atoms with van der Waals surface area (Å²) < 4.78 is 31.0. The van der Waals surface area contributed by atoms with Crippen LogP contribution in [0.3, 0.4) is 0 Å². The predicted molar refractivity (Wildman–Crippen MR) is 107 cm³/mol. The quantitative estimate of drug-likeness (QED) is 0.748. The Morgan fingerprint density at radius 1 is 1.07 bits per heavy atom. The van der Waals surface area contributed by atoms with E-state index in [9.17, 15) is 8.78 Å². The number of hydrogen-bond donors (Lipinski definition) is 0. The number of halogens is 2. The lowest BCUT2D eigenvalue weighted by atomic mass is 9.80. The molecule has 3 nitrogen and oxygen atoms in total. The summed E-state index contributed by atoms with van der Waals surface area (Å²) in [4.78, 5) is 4.47. The summed E-state index contributed by atoms with van der Waals surface area (Å²) in [6, 6.07) is 14.8. The van der Waals surface area contributed by atoms with Gasteiger partial charge >= 0.3 is 0 Å². The van der Waals surface area contributed by atoms with E-state index in [4.69, 9.17) is 4.74 Å². The molecule has 0 radical (unpaired) electrons. The number of rotatable bonds is 5. The molecule has 5 heteroatoms. The smallest absolute Gasteiger partial charge is 0.251 e. The third kappa shape index (κ3) is 3.53. The van der Waals surface area contributed by atoms with Crippen LogP contribution in [0.25, 0.3) is 0 Å². The van der Waals surface area contributed by atoms with Gasteiger partial charge in [-0.1, -0.05) is 30.3 Å². The molecule has 0 saturated carbocycles. The molecule has 2 aromatic rings. The van der Waals surface area contributed by atoms with E-state index < -0.39 is 6.43 Å². The molecule has 1 spiro atoms. The van der Waals surface area contributed by atoms with Crippen molar-refractivity contribution in [3.05, 3.63) is 64.7 Å². The van der Waals surface area contributed by atoms with Crippen LogP contribution in [-0.4, -0.2) is 43.0 Å². The Kier molecular flexibility index (Phi) is 5.39. The molecule has 1 saturated heterocycles. The van der Waals surface area contributed by atoms with E-state index in [0.717, 1.165) is 44.8 Å². The fraction of sp³-hybridized carbons (Fsp3) is 0.478. The van der Waals surface area contributed by atoms with Crippen LogP contribution in [-0.2, 0) is 18.6 Å². The lowest BCUT2D eigenvalue weighted by Gasteiger charge is -2.45. The Balaban J connectivity index is 1.61.